The average Bonchev–Trinajstić information content (AvgIpc) is 4.07. The van der Waals surface area contributed by atoms with Gasteiger partial charge in [-0.25, -0.2) is 13.4 Å². The molecule has 274 valence electrons. The molecular weight excluding hydrogens is 691 g/mol. The number of carbonyl (C=O) groups is 4. The monoisotopic (exact) mass is 731 g/mol. The van der Waals surface area contributed by atoms with Crippen molar-refractivity contribution in [2.24, 2.45) is 11.8 Å². The van der Waals surface area contributed by atoms with E-state index in [9.17, 15) is 27.6 Å². The second-order valence-electron chi connectivity index (χ2n) is 14.1. The van der Waals surface area contributed by atoms with Gasteiger partial charge < -0.3 is 29.7 Å². The molecule has 2 aliphatic carbocycles. The number of aromatic nitrogens is 1. The molecule has 2 saturated carbocycles. The third-order valence-electron chi connectivity index (χ3n) is 10.0. The summed E-state index contributed by atoms with van der Waals surface area (Å²) < 4.78 is 45.4. The van der Waals surface area contributed by atoms with Gasteiger partial charge in [0.15, 0.2) is 11.5 Å². The number of hydrogen-bond acceptors (Lipinski definition) is 10. The lowest BCUT2D eigenvalue weighted by Gasteiger charge is -2.32. The highest BCUT2D eigenvalue weighted by Gasteiger charge is 2.62. The van der Waals surface area contributed by atoms with Crippen LogP contribution in [0.4, 0.5) is 0 Å². The fourth-order valence-corrected chi connectivity index (χ4v) is 8.19. The Morgan fingerprint density at radius 2 is 1.77 bits per heavy atom. The first kappa shape index (κ1) is 35.2. The average molecular weight is 732 g/mol. The maximum atomic E-state index is 14.4. The van der Waals surface area contributed by atoms with Gasteiger partial charge in [0.05, 0.1) is 11.8 Å². The van der Waals surface area contributed by atoms with Crippen molar-refractivity contribution in [2.45, 2.75) is 74.6 Å². The molecule has 6 atom stereocenters. The van der Waals surface area contributed by atoms with Crippen molar-refractivity contribution in [2.75, 3.05) is 13.2 Å². The molecule has 1 aromatic heterocycles. The summed E-state index contributed by atoms with van der Waals surface area (Å²) in [6.45, 7) is 7.22. The number of sulfonamides is 1. The maximum absolute atomic E-state index is 14.4. The Bertz CT molecular complexity index is 2030. The molecule has 0 radical (unpaired) electrons. The number of nitrogens with zero attached hydrogens (tertiary/aromatic N) is 2. The molecule has 2 aromatic carbocycles. The summed E-state index contributed by atoms with van der Waals surface area (Å²) in [5.74, 6) is -2.30. The van der Waals surface area contributed by atoms with Gasteiger partial charge in [0.2, 0.25) is 33.8 Å². The summed E-state index contributed by atoms with van der Waals surface area (Å²) in [5, 5.41) is 6.60. The van der Waals surface area contributed by atoms with Crippen LogP contribution in [0.15, 0.2) is 73.4 Å². The Kier molecular flexibility index (Phi) is 9.32. The molecule has 3 fully saturated rings. The number of amides is 4. The first-order valence-electron chi connectivity index (χ1n) is 17.4. The highest BCUT2D eigenvalue weighted by molar-refractivity contribution is 7.91. The Labute approximate surface area is 301 Å². The van der Waals surface area contributed by atoms with Crippen LogP contribution >= 0.6 is 0 Å². The fraction of sp³-hybridized carbons (Fsp3) is 0.432. The summed E-state index contributed by atoms with van der Waals surface area (Å²) in [5.41, 5.74) is -1.55. The minimum Gasteiger partial charge on any atom is -0.485 e. The molecule has 0 spiro atoms. The van der Waals surface area contributed by atoms with Crippen molar-refractivity contribution in [3.05, 3.63) is 73.4 Å². The molecule has 15 heteroatoms. The van der Waals surface area contributed by atoms with Gasteiger partial charge in [0.1, 0.15) is 30.3 Å². The summed E-state index contributed by atoms with van der Waals surface area (Å²) in [4.78, 5) is 61.4. The van der Waals surface area contributed by atoms with Crippen LogP contribution in [0.2, 0.25) is 0 Å². The fourth-order valence-electron chi connectivity index (χ4n) is 6.82. The first-order valence-corrected chi connectivity index (χ1v) is 18.9. The molecule has 4 aliphatic rings. The molecule has 2 aliphatic heterocycles. The zero-order chi connectivity index (χ0) is 36.8. The van der Waals surface area contributed by atoms with Crippen molar-refractivity contribution in [1.29, 1.82) is 0 Å². The Hall–Kier alpha value is -5.18. The number of ether oxygens (including phenoxy) is 3. The van der Waals surface area contributed by atoms with Crippen LogP contribution in [-0.4, -0.2) is 90.2 Å². The zero-order valence-corrected chi connectivity index (χ0v) is 29.6. The first-order chi connectivity index (χ1) is 24.9. The second kappa shape index (κ2) is 13.7. The molecular formula is C37H41N5O9S. The van der Waals surface area contributed by atoms with E-state index in [1.165, 1.54) is 11.0 Å². The SMILES string of the molecule is C=C[C@@H]1C[C@]1(NC(=O)[C@@H]1C[C@@H](Oc2nccc3ccccc23)CN1C(=O)[C@@H](NC(=O)[C@@H]1COc2ccccc2O1)C(C)C)C(=O)NS(=O)(=O)C1CC1. The summed E-state index contributed by atoms with van der Waals surface area (Å²) in [7, 11) is -3.90. The third kappa shape index (κ3) is 6.88. The van der Waals surface area contributed by atoms with Crippen LogP contribution in [-0.2, 0) is 29.2 Å². The number of benzene rings is 2. The van der Waals surface area contributed by atoms with Gasteiger partial charge in [0, 0.05) is 23.9 Å². The quantitative estimate of drug-likeness (QED) is 0.234. The number of rotatable bonds is 12. The van der Waals surface area contributed by atoms with Crippen LogP contribution in [0.25, 0.3) is 10.8 Å². The minimum atomic E-state index is -3.90. The topological polar surface area (TPSA) is 182 Å². The highest BCUT2D eigenvalue weighted by atomic mass is 32.2. The van der Waals surface area contributed by atoms with E-state index in [4.69, 9.17) is 14.2 Å². The number of hydrogen-bond donors (Lipinski definition) is 3. The van der Waals surface area contributed by atoms with Crippen molar-refractivity contribution >= 4 is 44.4 Å². The predicted octanol–water partition coefficient (Wildman–Crippen LogP) is 2.23. The number of fused-ring (bicyclic) bond motifs is 2. The largest absolute Gasteiger partial charge is 0.485 e. The molecule has 14 nitrogen and oxygen atoms in total. The predicted molar refractivity (Wildman–Crippen MR) is 189 cm³/mol. The Balaban J connectivity index is 1.13. The van der Waals surface area contributed by atoms with E-state index in [2.05, 4.69) is 26.9 Å². The molecule has 3 N–H and O–H groups in total. The number of likely N-dealkylation sites (tertiary alicyclic amines) is 1. The minimum absolute atomic E-state index is 0.0303. The van der Waals surface area contributed by atoms with Crippen LogP contribution < -0.4 is 29.6 Å². The van der Waals surface area contributed by atoms with Crippen LogP contribution in [0.1, 0.15) is 39.5 Å². The lowest BCUT2D eigenvalue weighted by Crippen LogP contribution is -2.60. The van der Waals surface area contributed by atoms with Gasteiger partial charge in [0.25, 0.3) is 11.8 Å². The van der Waals surface area contributed by atoms with Crippen LogP contribution in [0.3, 0.4) is 0 Å². The van der Waals surface area contributed by atoms with Gasteiger partial charge in [-0.2, -0.15) is 0 Å². The van der Waals surface area contributed by atoms with E-state index in [1.807, 2.05) is 30.3 Å². The van der Waals surface area contributed by atoms with E-state index >= 15 is 0 Å². The van der Waals surface area contributed by atoms with Crippen molar-refractivity contribution in [3.63, 3.8) is 0 Å². The highest BCUT2D eigenvalue weighted by Crippen LogP contribution is 2.45. The molecule has 0 unspecified atom stereocenters. The number of para-hydroxylation sites is 2. The number of pyridine rings is 1. The van der Waals surface area contributed by atoms with E-state index in [1.54, 1.807) is 44.3 Å². The zero-order valence-electron chi connectivity index (χ0n) is 28.8. The lowest BCUT2D eigenvalue weighted by atomic mass is 10.0. The molecule has 3 heterocycles. The Morgan fingerprint density at radius 3 is 2.48 bits per heavy atom. The lowest BCUT2D eigenvalue weighted by molar-refractivity contribution is -0.144. The standard InChI is InChI=1S/C37H41N5O9S/c1-4-23-18-37(23,36(46)41-52(47,48)25-13-14-25)40-32(43)27-17-24(50-34-26-10-6-5-9-22(26)15-16-38-34)19-42(27)35(45)31(21(2)3)39-33(44)30-20-49-28-11-7-8-12-29(28)51-30/h4-12,15-16,21,23-25,27,30-31H,1,13-14,17-20H2,2-3H3,(H,39,44)(H,40,43)(H,41,46)/t23-,24-,27+,30+,31+,37-/m1/s1. The number of nitrogens with one attached hydrogen (secondary N) is 3. The third-order valence-corrected chi connectivity index (χ3v) is 11.9. The van der Waals surface area contributed by atoms with Gasteiger partial charge >= 0.3 is 0 Å². The van der Waals surface area contributed by atoms with E-state index in [0.29, 0.717) is 30.2 Å². The van der Waals surface area contributed by atoms with E-state index in [-0.39, 0.29) is 26.0 Å². The summed E-state index contributed by atoms with van der Waals surface area (Å²) in [6, 6.07) is 14.1. The molecule has 1 saturated heterocycles. The molecule has 4 amide bonds. The van der Waals surface area contributed by atoms with E-state index in [0.717, 1.165) is 10.8 Å². The maximum Gasteiger partial charge on any atom is 0.265 e. The normalized spacial score (nSPS) is 25.6. The van der Waals surface area contributed by atoms with Gasteiger partial charge in [-0.3, -0.25) is 23.9 Å². The molecule has 7 rings (SSSR count). The van der Waals surface area contributed by atoms with E-state index < -0.39 is 80.6 Å². The molecule has 3 aromatic rings. The summed E-state index contributed by atoms with van der Waals surface area (Å²) in [6.07, 6.45) is 2.49. The van der Waals surface area contributed by atoms with Gasteiger partial charge in [-0.1, -0.05) is 50.3 Å². The number of carbonyl (C=O) groups excluding carboxylic acids is 4. The van der Waals surface area contributed by atoms with Crippen LogP contribution in [0.5, 0.6) is 17.4 Å². The molecule has 52 heavy (non-hydrogen) atoms. The van der Waals surface area contributed by atoms with Gasteiger partial charge in [-0.05, 0) is 54.8 Å². The smallest absolute Gasteiger partial charge is 0.265 e. The second-order valence-corrected chi connectivity index (χ2v) is 16.1. The van der Waals surface area contributed by atoms with Gasteiger partial charge in [-0.15, -0.1) is 6.58 Å². The summed E-state index contributed by atoms with van der Waals surface area (Å²) >= 11 is 0. The molecule has 0 bridgehead atoms. The van der Waals surface area contributed by atoms with Crippen LogP contribution in [0, 0.1) is 11.8 Å². The Morgan fingerprint density at radius 1 is 1.04 bits per heavy atom. The van der Waals surface area contributed by atoms with Crippen molar-refractivity contribution in [1.82, 2.24) is 25.2 Å². The van der Waals surface area contributed by atoms with Crippen molar-refractivity contribution in [3.8, 4) is 17.4 Å². The van der Waals surface area contributed by atoms with Crippen molar-refractivity contribution < 1.29 is 41.8 Å².